The number of rotatable bonds is 3. The van der Waals surface area contributed by atoms with Crippen LogP contribution in [0.3, 0.4) is 0 Å². The van der Waals surface area contributed by atoms with Gasteiger partial charge in [-0.3, -0.25) is 4.57 Å². The highest BCUT2D eigenvalue weighted by Gasteiger charge is 2.13. The number of nitrogens with zero attached hydrogens (tertiary/aromatic N) is 3. The fourth-order valence-corrected chi connectivity index (χ4v) is 2.80. The predicted octanol–water partition coefficient (Wildman–Crippen LogP) is 4.14. The molecule has 0 saturated heterocycles. The summed E-state index contributed by atoms with van der Waals surface area (Å²) in [6, 6.07) is 14.6. The van der Waals surface area contributed by atoms with Crippen molar-refractivity contribution in [2.75, 3.05) is 19.0 Å². The van der Waals surface area contributed by atoms with E-state index in [0.29, 0.717) is 5.88 Å². The molecule has 2 aromatic carbocycles. The van der Waals surface area contributed by atoms with Crippen molar-refractivity contribution in [3.05, 3.63) is 53.9 Å². The molecule has 3 aromatic rings. The molecule has 0 saturated carbocycles. The first-order chi connectivity index (χ1) is 10.1. The fourth-order valence-electron chi connectivity index (χ4n) is 2.62. The fraction of sp³-hybridized carbons (Fsp3) is 0.235. The maximum absolute atomic E-state index is 6.11. The summed E-state index contributed by atoms with van der Waals surface area (Å²) < 4.78 is 2.16. The second kappa shape index (κ2) is 5.41. The highest BCUT2D eigenvalue weighted by molar-refractivity contribution is 6.17. The lowest BCUT2D eigenvalue weighted by molar-refractivity contribution is 0.976. The Hall–Kier alpha value is -2.00. The van der Waals surface area contributed by atoms with Crippen molar-refractivity contribution in [3.8, 4) is 5.69 Å². The number of alkyl halides is 1. The van der Waals surface area contributed by atoms with E-state index in [0.717, 1.165) is 28.2 Å². The van der Waals surface area contributed by atoms with Crippen LogP contribution in [0.1, 0.15) is 11.4 Å². The van der Waals surface area contributed by atoms with Gasteiger partial charge in [-0.25, -0.2) is 4.98 Å². The van der Waals surface area contributed by atoms with Crippen LogP contribution in [0.25, 0.3) is 16.7 Å². The van der Waals surface area contributed by atoms with Crippen molar-refractivity contribution in [2.45, 2.75) is 12.8 Å². The Bertz CT molecular complexity index is 790. The molecule has 0 aliphatic heterocycles. The standard InChI is InChI=1S/C17H18ClN3/c1-12-6-4-9-15-17(12)21(16(11-18)19-15)14-8-5-7-13(10-14)20(2)3/h4-10H,11H2,1-3H3. The van der Waals surface area contributed by atoms with E-state index in [-0.39, 0.29) is 0 Å². The molecule has 3 rings (SSSR count). The minimum atomic E-state index is 0.389. The minimum absolute atomic E-state index is 0.389. The zero-order valence-electron chi connectivity index (χ0n) is 12.5. The van der Waals surface area contributed by atoms with Gasteiger partial charge in [-0.2, -0.15) is 0 Å². The summed E-state index contributed by atoms with van der Waals surface area (Å²) >= 11 is 6.11. The first-order valence-corrected chi connectivity index (χ1v) is 7.46. The molecule has 1 aromatic heterocycles. The number of benzene rings is 2. The lowest BCUT2D eigenvalue weighted by Gasteiger charge is -2.15. The number of hydrogen-bond donors (Lipinski definition) is 0. The molecule has 0 unspecified atom stereocenters. The molecular weight excluding hydrogens is 282 g/mol. The molecular formula is C17H18ClN3. The molecule has 108 valence electrons. The summed E-state index contributed by atoms with van der Waals surface area (Å²) in [5.41, 5.74) is 5.56. The summed E-state index contributed by atoms with van der Waals surface area (Å²) in [4.78, 5) is 6.75. The Morgan fingerprint density at radius 3 is 2.62 bits per heavy atom. The van der Waals surface area contributed by atoms with Gasteiger partial charge in [0.2, 0.25) is 0 Å². The number of anilines is 1. The van der Waals surface area contributed by atoms with Crippen LogP contribution in [0.5, 0.6) is 0 Å². The van der Waals surface area contributed by atoms with E-state index in [9.17, 15) is 0 Å². The smallest absolute Gasteiger partial charge is 0.129 e. The molecule has 3 nitrogen and oxygen atoms in total. The van der Waals surface area contributed by atoms with Crippen molar-refractivity contribution < 1.29 is 0 Å². The minimum Gasteiger partial charge on any atom is -0.378 e. The van der Waals surface area contributed by atoms with Gasteiger partial charge >= 0.3 is 0 Å². The maximum atomic E-state index is 6.11. The van der Waals surface area contributed by atoms with Gasteiger partial charge < -0.3 is 4.90 Å². The monoisotopic (exact) mass is 299 g/mol. The first kappa shape index (κ1) is 14.0. The molecule has 0 atom stereocenters. The van der Waals surface area contributed by atoms with Crippen LogP contribution in [0.15, 0.2) is 42.5 Å². The van der Waals surface area contributed by atoms with Gasteiger partial charge in [0.15, 0.2) is 0 Å². The molecule has 0 aliphatic carbocycles. The number of halogens is 1. The van der Waals surface area contributed by atoms with E-state index in [1.807, 2.05) is 26.2 Å². The van der Waals surface area contributed by atoms with Crippen molar-refractivity contribution >= 4 is 28.3 Å². The summed E-state index contributed by atoms with van der Waals surface area (Å²) in [5.74, 6) is 1.26. The third kappa shape index (κ3) is 2.38. The lowest BCUT2D eigenvalue weighted by Crippen LogP contribution is -2.09. The third-order valence-electron chi connectivity index (χ3n) is 3.67. The van der Waals surface area contributed by atoms with E-state index >= 15 is 0 Å². The topological polar surface area (TPSA) is 21.1 Å². The Balaban J connectivity index is 2.31. The highest BCUT2D eigenvalue weighted by Crippen LogP contribution is 2.27. The van der Waals surface area contributed by atoms with Crippen LogP contribution in [-0.2, 0) is 5.88 Å². The van der Waals surface area contributed by atoms with Crippen molar-refractivity contribution in [2.24, 2.45) is 0 Å². The van der Waals surface area contributed by atoms with E-state index in [4.69, 9.17) is 11.6 Å². The largest absolute Gasteiger partial charge is 0.378 e. The Morgan fingerprint density at radius 1 is 1.14 bits per heavy atom. The third-order valence-corrected chi connectivity index (χ3v) is 3.91. The molecule has 0 N–H and O–H groups in total. The number of aromatic nitrogens is 2. The van der Waals surface area contributed by atoms with Gasteiger partial charge in [0, 0.05) is 25.5 Å². The predicted molar refractivity (Wildman–Crippen MR) is 89.7 cm³/mol. The highest BCUT2D eigenvalue weighted by atomic mass is 35.5. The number of para-hydroxylation sites is 1. The van der Waals surface area contributed by atoms with E-state index in [1.54, 1.807) is 0 Å². The first-order valence-electron chi connectivity index (χ1n) is 6.92. The number of imidazole rings is 1. The van der Waals surface area contributed by atoms with Gasteiger partial charge in [-0.05, 0) is 36.8 Å². The molecule has 0 spiro atoms. The van der Waals surface area contributed by atoms with Crippen LogP contribution >= 0.6 is 11.6 Å². The van der Waals surface area contributed by atoms with Gasteiger partial charge in [0.05, 0.1) is 16.9 Å². The average Bonchev–Trinajstić information content (AvgIpc) is 2.87. The lowest BCUT2D eigenvalue weighted by atomic mass is 10.2. The second-order valence-corrected chi connectivity index (χ2v) is 5.62. The van der Waals surface area contributed by atoms with Crippen molar-refractivity contribution in [1.82, 2.24) is 9.55 Å². The van der Waals surface area contributed by atoms with Crippen LogP contribution < -0.4 is 4.90 Å². The summed E-state index contributed by atoms with van der Waals surface area (Å²) in [5, 5.41) is 0. The SMILES string of the molecule is Cc1cccc2nc(CCl)n(-c3cccc(N(C)C)c3)c12. The van der Waals surface area contributed by atoms with Crippen LogP contribution in [0.4, 0.5) is 5.69 Å². The van der Waals surface area contributed by atoms with Gasteiger partial charge in [-0.15, -0.1) is 11.6 Å². The average molecular weight is 300 g/mol. The number of aryl methyl sites for hydroxylation is 1. The molecule has 0 amide bonds. The number of hydrogen-bond acceptors (Lipinski definition) is 2. The molecule has 1 heterocycles. The van der Waals surface area contributed by atoms with Gasteiger partial charge in [-0.1, -0.05) is 18.2 Å². The Kier molecular flexibility index (Phi) is 3.60. The Morgan fingerprint density at radius 2 is 1.90 bits per heavy atom. The molecule has 0 bridgehead atoms. The summed E-state index contributed by atoms with van der Waals surface area (Å²) in [7, 11) is 4.08. The summed E-state index contributed by atoms with van der Waals surface area (Å²) in [6.07, 6.45) is 0. The summed E-state index contributed by atoms with van der Waals surface area (Å²) in [6.45, 7) is 2.11. The zero-order valence-corrected chi connectivity index (χ0v) is 13.2. The second-order valence-electron chi connectivity index (χ2n) is 5.35. The maximum Gasteiger partial charge on any atom is 0.129 e. The van der Waals surface area contributed by atoms with E-state index in [2.05, 4.69) is 51.7 Å². The van der Waals surface area contributed by atoms with Crippen molar-refractivity contribution in [1.29, 1.82) is 0 Å². The molecule has 0 radical (unpaired) electrons. The quantitative estimate of drug-likeness (QED) is 0.678. The Labute approximate surface area is 129 Å². The molecule has 0 fully saturated rings. The van der Waals surface area contributed by atoms with E-state index < -0.39 is 0 Å². The molecule has 21 heavy (non-hydrogen) atoms. The van der Waals surface area contributed by atoms with Gasteiger partial charge in [0.25, 0.3) is 0 Å². The normalized spacial score (nSPS) is 11.0. The van der Waals surface area contributed by atoms with Crippen LogP contribution in [-0.4, -0.2) is 23.6 Å². The number of fused-ring (bicyclic) bond motifs is 1. The van der Waals surface area contributed by atoms with Crippen LogP contribution in [0, 0.1) is 6.92 Å². The van der Waals surface area contributed by atoms with Crippen molar-refractivity contribution in [3.63, 3.8) is 0 Å². The zero-order chi connectivity index (χ0) is 15.0. The van der Waals surface area contributed by atoms with Crippen LogP contribution in [0.2, 0.25) is 0 Å². The van der Waals surface area contributed by atoms with Gasteiger partial charge in [0.1, 0.15) is 5.82 Å². The molecule has 0 aliphatic rings. The van der Waals surface area contributed by atoms with E-state index in [1.165, 1.54) is 5.56 Å². The molecule has 4 heteroatoms.